The van der Waals surface area contributed by atoms with Crippen LogP contribution in [0.5, 0.6) is 5.75 Å². The van der Waals surface area contributed by atoms with Crippen molar-refractivity contribution < 1.29 is 38.4 Å². The second kappa shape index (κ2) is 10.9. The molecule has 0 amide bonds. The Morgan fingerprint density at radius 3 is 2.21 bits per heavy atom. The molecule has 0 bridgehead atoms. The van der Waals surface area contributed by atoms with E-state index in [-0.39, 0.29) is 55.1 Å². The van der Waals surface area contributed by atoms with Crippen molar-refractivity contribution in [1.29, 1.82) is 0 Å². The maximum absolute atomic E-state index is 13.9. The smallest absolute Gasteiger partial charge is 0.307 e. The highest BCUT2D eigenvalue weighted by molar-refractivity contribution is 6.74. The van der Waals surface area contributed by atoms with Crippen LogP contribution in [0.3, 0.4) is 0 Å². The molecule has 3 aliphatic rings. The molecule has 1 aliphatic heterocycles. The Hall–Kier alpha value is -1.78. The number of benzene rings is 1. The Labute approximate surface area is 259 Å². The minimum atomic E-state index is -2.44. The highest BCUT2D eigenvalue weighted by Gasteiger charge is 2.78. The summed E-state index contributed by atoms with van der Waals surface area (Å²) in [6.45, 7) is 20.6. The van der Waals surface area contributed by atoms with Crippen LogP contribution in [0.15, 0.2) is 24.3 Å². The maximum atomic E-state index is 13.9. The molecular weight excluding hydrogens is 564 g/mol. The molecule has 1 heterocycles. The lowest BCUT2D eigenvalue weighted by Gasteiger charge is -2.53. The average molecular weight is 619 g/mol. The van der Waals surface area contributed by atoms with Crippen LogP contribution >= 0.6 is 0 Å². The molecule has 8 nitrogen and oxygen atoms in total. The number of carbonyl (C=O) groups is 2. The molecule has 0 aromatic heterocycles. The second-order valence-electron chi connectivity index (χ2n) is 16.0. The summed E-state index contributed by atoms with van der Waals surface area (Å²) in [5, 5.41) is 24.9. The molecule has 242 valence electrons. The molecule has 0 radical (unpaired) electrons. The molecule has 4 rings (SSSR count). The minimum absolute atomic E-state index is 0.00755. The van der Waals surface area contributed by atoms with Crippen molar-refractivity contribution in [2.24, 2.45) is 22.7 Å². The van der Waals surface area contributed by atoms with Crippen molar-refractivity contribution in [1.82, 2.24) is 0 Å². The van der Waals surface area contributed by atoms with Crippen LogP contribution in [0.1, 0.15) is 86.6 Å². The van der Waals surface area contributed by atoms with Gasteiger partial charge >= 0.3 is 5.97 Å². The summed E-state index contributed by atoms with van der Waals surface area (Å²) in [5.74, 6) is 0.0314. The summed E-state index contributed by atoms with van der Waals surface area (Å²) < 4.78 is 24.8. The number of fused-ring (bicyclic) bond motifs is 2. The topological polar surface area (TPSA) is 112 Å². The van der Waals surface area contributed by atoms with Gasteiger partial charge in [-0.05, 0) is 61.0 Å². The predicted octanol–water partition coefficient (Wildman–Crippen LogP) is 5.82. The molecule has 0 unspecified atom stereocenters. The van der Waals surface area contributed by atoms with Gasteiger partial charge in [0.05, 0.1) is 32.8 Å². The Morgan fingerprint density at radius 2 is 1.67 bits per heavy atom. The van der Waals surface area contributed by atoms with E-state index in [9.17, 15) is 19.8 Å². The summed E-state index contributed by atoms with van der Waals surface area (Å²) >= 11 is 0. The van der Waals surface area contributed by atoms with E-state index in [0.29, 0.717) is 6.42 Å². The SMILES string of the molecule is COc1ccc(COC[C@](C)(O)[C@@]23C[C@@]4(O)C(=O)C[C@H](C(C)C)[C@@]4(C)C[C@@H](O[Si](C)(C)C(C)(C)C)[C@]2(C)CC(=O)O3)cc1. The number of esters is 1. The minimum Gasteiger partial charge on any atom is -0.497 e. The number of carbonyl (C=O) groups excluding carboxylic acids is 2. The largest absolute Gasteiger partial charge is 0.497 e. The lowest BCUT2D eigenvalue weighted by molar-refractivity contribution is -0.240. The van der Waals surface area contributed by atoms with Crippen LogP contribution in [-0.2, 0) is 30.1 Å². The average Bonchev–Trinajstić information content (AvgIpc) is 3.24. The molecule has 0 spiro atoms. The predicted molar refractivity (Wildman–Crippen MR) is 167 cm³/mol. The van der Waals surface area contributed by atoms with Gasteiger partial charge in [-0.3, -0.25) is 9.59 Å². The van der Waals surface area contributed by atoms with Gasteiger partial charge in [-0.1, -0.05) is 60.6 Å². The Bertz CT molecular complexity index is 1220. The fraction of sp³-hybridized carbons (Fsp3) is 0.765. The van der Waals surface area contributed by atoms with Gasteiger partial charge in [-0.2, -0.15) is 0 Å². The summed E-state index contributed by atoms with van der Waals surface area (Å²) in [6.07, 6.45) is -0.152. The van der Waals surface area contributed by atoms with E-state index in [1.54, 1.807) is 14.0 Å². The second-order valence-corrected chi connectivity index (χ2v) is 20.8. The van der Waals surface area contributed by atoms with E-state index < -0.39 is 48.0 Å². The van der Waals surface area contributed by atoms with Crippen molar-refractivity contribution in [3.05, 3.63) is 29.8 Å². The van der Waals surface area contributed by atoms with Crippen LogP contribution < -0.4 is 4.74 Å². The summed E-state index contributed by atoms with van der Waals surface area (Å²) in [4.78, 5) is 27.3. The van der Waals surface area contributed by atoms with Crippen molar-refractivity contribution in [3.63, 3.8) is 0 Å². The van der Waals surface area contributed by atoms with E-state index in [0.717, 1.165) is 11.3 Å². The normalized spacial score (nSPS) is 36.1. The first-order valence-electron chi connectivity index (χ1n) is 15.7. The molecule has 1 aromatic carbocycles. The number of hydrogen-bond donors (Lipinski definition) is 2. The molecule has 43 heavy (non-hydrogen) atoms. The monoisotopic (exact) mass is 618 g/mol. The number of ether oxygens (including phenoxy) is 3. The molecule has 2 saturated carbocycles. The number of hydrogen-bond acceptors (Lipinski definition) is 8. The summed E-state index contributed by atoms with van der Waals surface area (Å²) in [6, 6.07) is 7.45. The number of ketones is 1. The quantitative estimate of drug-likeness (QED) is 0.263. The Morgan fingerprint density at radius 1 is 1.07 bits per heavy atom. The van der Waals surface area contributed by atoms with Gasteiger partial charge in [0, 0.05) is 23.7 Å². The fourth-order valence-corrected chi connectivity index (χ4v) is 9.42. The third-order valence-corrected chi connectivity index (χ3v) is 16.4. The van der Waals surface area contributed by atoms with Crippen LogP contribution in [-0.4, -0.2) is 66.9 Å². The van der Waals surface area contributed by atoms with Gasteiger partial charge in [0.25, 0.3) is 0 Å². The Kier molecular flexibility index (Phi) is 8.67. The van der Waals surface area contributed by atoms with E-state index >= 15 is 0 Å². The first-order valence-corrected chi connectivity index (χ1v) is 18.6. The molecule has 1 aromatic rings. The summed E-state index contributed by atoms with van der Waals surface area (Å²) in [5.41, 5.74) is -6.23. The number of Topliss-reactive ketones (excluding diaryl/α,β-unsaturated/α-hetero) is 1. The van der Waals surface area contributed by atoms with E-state index in [1.807, 2.05) is 38.1 Å². The van der Waals surface area contributed by atoms with Crippen LogP contribution in [0.4, 0.5) is 0 Å². The zero-order chi connectivity index (χ0) is 32.4. The van der Waals surface area contributed by atoms with Gasteiger partial charge in [-0.15, -0.1) is 0 Å². The Balaban J connectivity index is 1.83. The standard InChI is InChI=1S/C34H54O8Si/c1-22(2)25-16-26(35)33(38)20-34(32(8,37)21-40-19-23-12-14-24(39-9)15-13-23)31(7,18-28(36)41-34)27(17-30(25,33)6)42-43(10,11)29(3,4)5/h12-15,22,25,27,37-38H,16-21H2,1-11H3/t25-,27-,30-,31+,32+,33-,34-/m1/s1. The van der Waals surface area contributed by atoms with Gasteiger partial charge in [-0.25, -0.2) is 0 Å². The third kappa shape index (κ3) is 5.31. The van der Waals surface area contributed by atoms with Crippen molar-refractivity contribution in [3.8, 4) is 5.75 Å². The maximum Gasteiger partial charge on any atom is 0.307 e. The van der Waals surface area contributed by atoms with Crippen LogP contribution in [0, 0.1) is 22.7 Å². The lowest BCUT2D eigenvalue weighted by atomic mass is 9.60. The molecule has 9 heteroatoms. The highest BCUT2D eigenvalue weighted by atomic mass is 28.4. The molecule has 2 aliphatic carbocycles. The summed E-state index contributed by atoms with van der Waals surface area (Å²) in [7, 11) is -0.832. The van der Waals surface area contributed by atoms with Crippen molar-refractivity contribution in [2.45, 2.75) is 129 Å². The zero-order valence-electron chi connectivity index (χ0n) is 28.1. The van der Waals surface area contributed by atoms with Gasteiger partial charge in [0.2, 0.25) is 0 Å². The van der Waals surface area contributed by atoms with Crippen molar-refractivity contribution >= 4 is 20.1 Å². The molecule has 2 N–H and O–H groups in total. The van der Waals surface area contributed by atoms with Crippen LogP contribution in [0.2, 0.25) is 18.1 Å². The number of rotatable bonds is 9. The van der Waals surface area contributed by atoms with E-state index in [2.05, 4.69) is 47.7 Å². The van der Waals surface area contributed by atoms with E-state index in [1.165, 1.54) is 0 Å². The number of aliphatic hydroxyl groups is 2. The highest BCUT2D eigenvalue weighted by Crippen LogP contribution is 2.68. The third-order valence-electron chi connectivity index (χ3n) is 11.9. The molecule has 3 fully saturated rings. The molecule has 1 saturated heterocycles. The molecular formula is C34H54O8Si. The number of methoxy groups -OCH3 is 1. The molecule has 7 atom stereocenters. The van der Waals surface area contributed by atoms with Crippen molar-refractivity contribution in [2.75, 3.05) is 13.7 Å². The fourth-order valence-electron chi connectivity index (χ4n) is 8.01. The van der Waals surface area contributed by atoms with Gasteiger partial charge in [0.1, 0.15) is 17.0 Å². The van der Waals surface area contributed by atoms with Gasteiger partial charge < -0.3 is 28.8 Å². The van der Waals surface area contributed by atoms with Crippen LogP contribution in [0.25, 0.3) is 0 Å². The first-order chi connectivity index (χ1) is 19.6. The lowest BCUT2D eigenvalue weighted by Crippen LogP contribution is -2.68. The first kappa shape index (κ1) is 34.1. The zero-order valence-corrected chi connectivity index (χ0v) is 29.1. The van der Waals surface area contributed by atoms with E-state index in [4.69, 9.17) is 18.6 Å². The van der Waals surface area contributed by atoms with Gasteiger partial charge in [0.15, 0.2) is 19.7 Å².